The van der Waals surface area contributed by atoms with Crippen LogP contribution in [0, 0.1) is 12.8 Å². The Hall–Kier alpha value is -5.24. The Morgan fingerprint density at radius 2 is 1.85 bits per heavy atom. The SMILES string of the molecule is Cc1cccc(C(=O)Nc2cc3cn(C4CCC(CN5CC[C@@H](c6cccc7c6n(C)c(=O)n7C6CCC(=O)NC6=O)[C@@H](F)C5)CC4)nc3cn2)n1. The van der Waals surface area contributed by atoms with Gasteiger partial charge in [-0.25, -0.2) is 19.2 Å². The number of likely N-dealkylation sites (tertiary alicyclic amines) is 1. The Labute approximate surface area is 299 Å². The molecular weight excluding hydrogens is 665 g/mol. The minimum atomic E-state index is -1.10. The van der Waals surface area contributed by atoms with Crippen molar-refractivity contribution in [1.82, 2.24) is 39.1 Å². The first-order valence-electron chi connectivity index (χ1n) is 18.1. The molecule has 4 aromatic heterocycles. The van der Waals surface area contributed by atoms with Crippen LogP contribution in [-0.4, -0.2) is 77.3 Å². The molecule has 14 heteroatoms. The highest BCUT2D eigenvalue weighted by atomic mass is 19.1. The van der Waals surface area contributed by atoms with Gasteiger partial charge in [0.05, 0.1) is 23.3 Å². The molecule has 13 nitrogen and oxygen atoms in total. The van der Waals surface area contributed by atoms with E-state index in [2.05, 4.69) is 25.5 Å². The maximum Gasteiger partial charge on any atom is 0.329 e. The Morgan fingerprint density at radius 1 is 1.04 bits per heavy atom. The molecule has 2 aliphatic heterocycles. The number of aryl methyl sites for hydroxylation is 2. The molecule has 52 heavy (non-hydrogen) atoms. The number of para-hydroxylation sites is 1. The van der Waals surface area contributed by atoms with Crippen molar-refractivity contribution in [2.75, 3.05) is 25.0 Å². The average Bonchev–Trinajstić information content (AvgIpc) is 3.66. The minimum absolute atomic E-state index is 0.167. The molecule has 3 aliphatic rings. The first-order chi connectivity index (χ1) is 25.1. The van der Waals surface area contributed by atoms with Crippen LogP contribution in [0.3, 0.4) is 0 Å². The number of nitrogens with zero attached hydrogens (tertiary/aromatic N) is 7. The summed E-state index contributed by atoms with van der Waals surface area (Å²) in [6, 6.07) is 12.2. The fourth-order valence-electron chi connectivity index (χ4n) is 8.49. The number of anilines is 1. The van der Waals surface area contributed by atoms with Crippen molar-refractivity contribution in [2.24, 2.45) is 13.0 Å². The number of carbonyl (C=O) groups is 3. The van der Waals surface area contributed by atoms with E-state index < -0.39 is 18.1 Å². The number of pyridine rings is 2. The zero-order valence-corrected chi connectivity index (χ0v) is 29.3. The van der Waals surface area contributed by atoms with Gasteiger partial charge in [0.25, 0.3) is 5.91 Å². The van der Waals surface area contributed by atoms with Gasteiger partial charge in [0.15, 0.2) is 0 Å². The van der Waals surface area contributed by atoms with Crippen molar-refractivity contribution in [3.63, 3.8) is 0 Å². The Morgan fingerprint density at radius 3 is 2.62 bits per heavy atom. The van der Waals surface area contributed by atoms with Crippen molar-refractivity contribution in [2.45, 2.75) is 76.0 Å². The zero-order valence-electron chi connectivity index (χ0n) is 29.3. The lowest BCUT2D eigenvalue weighted by molar-refractivity contribution is -0.135. The fourth-order valence-corrected chi connectivity index (χ4v) is 8.49. The molecule has 1 saturated carbocycles. The third-order valence-electron chi connectivity index (χ3n) is 11.2. The first-order valence-corrected chi connectivity index (χ1v) is 18.1. The van der Waals surface area contributed by atoms with Gasteiger partial charge in [-0.1, -0.05) is 18.2 Å². The van der Waals surface area contributed by atoms with E-state index in [9.17, 15) is 19.2 Å². The lowest BCUT2D eigenvalue weighted by Gasteiger charge is -2.38. The lowest BCUT2D eigenvalue weighted by Crippen LogP contribution is -2.44. The monoisotopic (exact) mass is 707 g/mol. The topological polar surface area (TPSA) is 149 Å². The molecule has 6 heterocycles. The number of halogens is 1. The number of benzene rings is 1. The van der Waals surface area contributed by atoms with Gasteiger partial charge in [-0.2, -0.15) is 5.10 Å². The van der Waals surface area contributed by atoms with Gasteiger partial charge < -0.3 is 10.2 Å². The van der Waals surface area contributed by atoms with Crippen molar-refractivity contribution in [1.29, 1.82) is 0 Å². The third kappa shape index (κ3) is 6.40. The van der Waals surface area contributed by atoms with Gasteiger partial charge in [-0.15, -0.1) is 0 Å². The second-order valence-corrected chi connectivity index (χ2v) is 14.6. The summed E-state index contributed by atoms with van der Waals surface area (Å²) in [6.45, 7) is 3.78. The maximum atomic E-state index is 16.1. The molecule has 1 unspecified atom stereocenters. The van der Waals surface area contributed by atoms with Crippen LogP contribution in [-0.2, 0) is 16.6 Å². The minimum Gasteiger partial charge on any atom is -0.305 e. The van der Waals surface area contributed by atoms with Gasteiger partial charge in [0.2, 0.25) is 11.8 Å². The van der Waals surface area contributed by atoms with Crippen molar-refractivity contribution < 1.29 is 18.8 Å². The van der Waals surface area contributed by atoms with Gasteiger partial charge in [0.1, 0.15) is 29.2 Å². The number of amides is 3. The summed E-state index contributed by atoms with van der Waals surface area (Å²) in [5.41, 5.74) is 3.57. The van der Waals surface area contributed by atoms with Crippen molar-refractivity contribution in [3.8, 4) is 0 Å². The molecule has 8 rings (SSSR count). The van der Waals surface area contributed by atoms with E-state index in [0.29, 0.717) is 41.4 Å². The highest BCUT2D eigenvalue weighted by Gasteiger charge is 2.36. The highest BCUT2D eigenvalue weighted by Crippen LogP contribution is 2.38. The molecule has 3 amide bonds. The number of hydrogen-bond donors (Lipinski definition) is 2. The number of fused-ring (bicyclic) bond motifs is 2. The number of hydrogen-bond acceptors (Lipinski definition) is 8. The van der Waals surface area contributed by atoms with Gasteiger partial charge >= 0.3 is 5.69 Å². The number of alkyl halides is 1. The second-order valence-electron chi connectivity index (χ2n) is 14.6. The van der Waals surface area contributed by atoms with Crippen LogP contribution in [0.4, 0.5) is 10.2 Å². The quantitative estimate of drug-likeness (QED) is 0.234. The van der Waals surface area contributed by atoms with Crippen LogP contribution >= 0.6 is 0 Å². The zero-order chi connectivity index (χ0) is 36.1. The Balaban J connectivity index is 0.880. The molecule has 270 valence electrons. The van der Waals surface area contributed by atoms with Crippen LogP contribution in [0.25, 0.3) is 21.9 Å². The van der Waals surface area contributed by atoms with Crippen LogP contribution in [0.1, 0.15) is 84.7 Å². The van der Waals surface area contributed by atoms with E-state index in [1.54, 1.807) is 31.4 Å². The predicted octanol–water partition coefficient (Wildman–Crippen LogP) is 4.58. The maximum absolute atomic E-state index is 16.1. The molecule has 3 atom stereocenters. The molecule has 5 aromatic rings. The standard InChI is InChI=1S/C38H42FN9O4/c1-22-5-3-7-29(41-22)36(50)42-33-17-24-20-47(44-30(24)18-40-33)25-11-9-23(10-12-25)19-46-16-15-26(28(39)21-46)27-6-4-8-31-35(27)45(2)38(52)48(31)32-13-14-34(49)43-37(32)51/h3-8,17-18,20,23,25-26,28,32H,9-16,19,21H2,1-2H3,(H,42,50)(H,43,49,51)/t23?,25?,26-,28-,32?/m0/s1. The Kier molecular flexibility index (Phi) is 8.94. The van der Waals surface area contributed by atoms with E-state index in [1.165, 1.54) is 9.13 Å². The summed E-state index contributed by atoms with van der Waals surface area (Å²) in [7, 11) is 1.67. The lowest BCUT2D eigenvalue weighted by atomic mass is 9.83. The molecule has 2 saturated heterocycles. The number of imide groups is 1. The fraction of sp³-hybridized carbons (Fsp3) is 0.447. The summed E-state index contributed by atoms with van der Waals surface area (Å²) < 4.78 is 21.1. The Bertz CT molecular complexity index is 2250. The molecule has 3 fully saturated rings. The van der Waals surface area contributed by atoms with Gasteiger partial charge in [-0.05, 0) is 87.7 Å². The summed E-state index contributed by atoms with van der Waals surface area (Å²) in [6.07, 6.45) is 7.66. The second kappa shape index (κ2) is 13.7. The van der Waals surface area contributed by atoms with Gasteiger partial charge in [0, 0.05) is 49.8 Å². The molecular formula is C38H42FN9O4. The average molecular weight is 708 g/mol. The summed E-state index contributed by atoms with van der Waals surface area (Å²) in [5, 5.41) is 10.9. The van der Waals surface area contributed by atoms with E-state index in [-0.39, 0.29) is 42.3 Å². The van der Waals surface area contributed by atoms with Crippen molar-refractivity contribution in [3.05, 3.63) is 82.3 Å². The number of nitrogens with one attached hydrogen (secondary N) is 2. The number of carbonyl (C=O) groups excluding carboxylic acids is 3. The molecule has 1 aliphatic carbocycles. The molecule has 0 spiro atoms. The number of imidazole rings is 1. The third-order valence-corrected chi connectivity index (χ3v) is 11.2. The molecule has 1 aromatic carbocycles. The number of aromatic nitrogens is 6. The summed E-state index contributed by atoms with van der Waals surface area (Å²) in [4.78, 5) is 61.4. The van der Waals surface area contributed by atoms with Crippen LogP contribution < -0.4 is 16.3 Å². The number of rotatable bonds is 7. The summed E-state index contributed by atoms with van der Waals surface area (Å²) >= 11 is 0. The van der Waals surface area contributed by atoms with Crippen LogP contribution in [0.2, 0.25) is 0 Å². The summed E-state index contributed by atoms with van der Waals surface area (Å²) in [5.74, 6) is -0.576. The smallest absolute Gasteiger partial charge is 0.305 e. The largest absolute Gasteiger partial charge is 0.329 e. The van der Waals surface area contributed by atoms with Crippen LogP contribution in [0.15, 0.2) is 59.7 Å². The van der Waals surface area contributed by atoms with E-state index >= 15 is 4.39 Å². The van der Waals surface area contributed by atoms with Crippen LogP contribution in [0.5, 0.6) is 0 Å². The number of piperidine rings is 2. The van der Waals surface area contributed by atoms with Gasteiger partial charge in [-0.3, -0.25) is 33.5 Å². The molecule has 0 radical (unpaired) electrons. The normalized spacial score (nSPS) is 24.3. The van der Waals surface area contributed by atoms with Crippen molar-refractivity contribution >= 4 is 45.5 Å². The van der Waals surface area contributed by atoms with E-state index in [0.717, 1.165) is 60.9 Å². The van der Waals surface area contributed by atoms with E-state index in [4.69, 9.17) is 5.10 Å². The highest BCUT2D eigenvalue weighted by molar-refractivity contribution is 6.03. The predicted molar refractivity (Wildman–Crippen MR) is 193 cm³/mol. The van der Waals surface area contributed by atoms with E-state index in [1.807, 2.05) is 42.1 Å². The first kappa shape index (κ1) is 33.9. The molecule has 0 bridgehead atoms. The molecule has 2 N–H and O–H groups in total.